The molecule has 0 amide bonds. The molecule has 0 fully saturated rings. The number of aromatic nitrogens is 2. The van der Waals surface area contributed by atoms with Gasteiger partial charge in [0, 0.05) is 23.7 Å². The van der Waals surface area contributed by atoms with Gasteiger partial charge in [-0.15, -0.1) is 0 Å². The van der Waals surface area contributed by atoms with Crippen LogP contribution in [0.25, 0.3) is 11.3 Å². The molecule has 6 heteroatoms. The third kappa shape index (κ3) is 3.41. The van der Waals surface area contributed by atoms with Gasteiger partial charge in [-0.05, 0) is 24.5 Å². The molecule has 0 aliphatic rings. The molecule has 122 valence electrons. The van der Waals surface area contributed by atoms with E-state index in [1.165, 1.54) is 14.2 Å². The Labute approximate surface area is 134 Å². The lowest BCUT2D eigenvalue weighted by molar-refractivity contribution is 0.0556. The summed E-state index contributed by atoms with van der Waals surface area (Å²) >= 11 is 0. The summed E-state index contributed by atoms with van der Waals surface area (Å²) in [5.41, 5.74) is 2.29. The summed E-state index contributed by atoms with van der Waals surface area (Å²) in [5.74, 6) is -0.854. The van der Waals surface area contributed by atoms with Crippen molar-refractivity contribution in [2.75, 3.05) is 14.2 Å². The van der Waals surface area contributed by atoms with Gasteiger partial charge in [-0.2, -0.15) is 0 Å². The number of rotatable bonds is 5. The van der Waals surface area contributed by atoms with Crippen LogP contribution in [-0.2, 0) is 15.9 Å². The normalized spacial score (nSPS) is 10.7. The average Bonchev–Trinajstić information content (AvgIpc) is 2.92. The van der Waals surface area contributed by atoms with E-state index in [2.05, 4.69) is 9.97 Å². The van der Waals surface area contributed by atoms with Gasteiger partial charge in [0.2, 0.25) is 0 Å². The molecule has 0 aromatic carbocycles. The molecule has 0 atom stereocenters. The first-order chi connectivity index (χ1) is 11.0. The second-order valence-electron chi connectivity index (χ2n) is 5.55. The number of methoxy groups -OCH3 is 2. The number of carbonyl (C=O) groups excluding carboxylic acids is 2. The van der Waals surface area contributed by atoms with Gasteiger partial charge in [-0.3, -0.25) is 4.98 Å². The van der Waals surface area contributed by atoms with Crippen LogP contribution in [0.4, 0.5) is 0 Å². The highest BCUT2D eigenvalue weighted by molar-refractivity contribution is 6.08. The number of carbonyl (C=O) groups is 2. The fourth-order valence-electron chi connectivity index (χ4n) is 2.47. The van der Waals surface area contributed by atoms with Crippen molar-refractivity contribution in [3.8, 4) is 11.3 Å². The maximum Gasteiger partial charge on any atom is 0.340 e. The van der Waals surface area contributed by atoms with Gasteiger partial charge in [0.25, 0.3) is 0 Å². The monoisotopic (exact) mass is 316 g/mol. The minimum absolute atomic E-state index is 0.183. The molecule has 0 saturated carbocycles. The first-order valence-corrected chi connectivity index (χ1v) is 7.31. The van der Waals surface area contributed by atoms with Crippen LogP contribution in [0.2, 0.25) is 0 Å². The van der Waals surface area contributed by atoms with Crippen LogP contribution in [0.1, 0.15) is 40.3 Å². The zero-order chi connectivity index (χ0) is 17.0. The standard InChI is InChI=1S/C17H20N2O4/c1-10(2)8-12-13(16(20)22-3)14(17(21)23-4)15(19-12)11-6-5-7-18-9-11/h5-7,9-10,19H,8H2,1-4H3. The van der Waals surface area contributed by atoms with Crippen molar-refractivity contribution in [1.29, 1.82) is 0 Å². The largest absolute Gasteiger partial charge is 0.465 e. The Morgan fingerprint density at radius 1 is 1.17 bits per heavy atom. The number of hydrogen-bond acceptors (Lipinski definition) is 5. The van der Waals surface area contributed by atoms with Gasteiger partial charge < -0.3 is 14.5 Å². The SMILES string of the molecule is COC(=O)c1c(CC(C)C)[nH]c(-c2cccnc2)c1C(=O)OC. The van der Waals surface area contributed by atoms with Crippen molar-refractivity contribution in [2.45, 2.75) is 20.3 Å². The van der Waals surface area contributed by atoms with Crippen LogP contribution in [0, 0.1) is 5.92 Å². The number of ether oxygens (including phenoxy) is 2. The van der Waals surface area contributed by atoms with E-state index in [4.69, 9.17) is 9.47 Å². The summed E-state index contributed by atoms with van der Waals surface area (Å²) in [7, 11) is 2.57. The Balaban J connectivity index is 2.73. The average molecular weight is 316 g/mol. The fourth-order valence-corrected chi connectivity index (χ4v) is 2.47. The van der Waals surface area contributed by atoms with E-state index in [0.29, 0.717) is 29.3 Å². The highest BCUT2D eigenvalue weighted by atomic mass is 16.5. The second-order valence-corrected chi connectivity index (χ2v) is 5.55. The molecule has 2 aromatic rings. The number of pyridine rings is 1. The Morgan fingerprint density at radius 2 is 1.83 bits per heavy atom. The molecular weight excluding hydrogens is 296 g/mol. The van der Waals surface area contributed by atoms with E-state index in [9.17, 15) is 9.59 Å². The summed E-state index contributed by atoms with van der Waals surface area (Å²) in [5, 5.41) is 0. The highest BCUT2D eigenvalue weighted by Crippen LogP contribution is 2.30. The van der Waals surface area contributed by atoms with Crippen LogP contribution < -0.4 is 0 Å². The maximum atomic E-state index is 12.3. The van der Waals surface area contributed by atoms with E-state index in [0.717, 1.165) is 0 Å². The first kappa shape index (κ1) is 16.7. The quantitative estimate of drug-likeness (QED) is 0.858. The predicted molar refractivity (Wildman–Crippen MR) is 85.2 cm³/mol. The smallest absolute Gasteiger partial charge is 0.340 e. The molecule has 0 aliphatic carbocycles. The van der Waals surface area contributed by atoms with Crippen LogP contribution in [0.5, 0.6) is 0 Å². The number of H-pyrrole nitrogens is 1. The first-order valence-electron chi connectivity index (χ1n) is 7.31. The molecule has 0 aliphatic heterocycles. The lowest BCUT2D eigenvalue weighted by Gasteiger charge is -2.07. The fraction of sp³-hybridized carbons (Fsp3) is 0.353. The van der Waals surface area contributed by atoms with Crippen LogP contribution >= 0.6 is 0 Å². The molecule has 0 saturated heterocycles. The Bertz CT molecular complexity index is 705. The third-order valence-electron chi connectivity index (χ3n) is 3.42. The Kier molecular flexibility index (Phi) is 5.16. The third-order valence-corrected chi connectivity index (χ3v) is 3.42. The van der Waals surface area contributed by atoms with Crippen molar-refractivity contribution in [3.05, 3.63) is 41.3 Å². The van der Waals surface area contributed by atoms with Crippen LogP contribution in [0.15, 0.2) is 24.5 Å². The minimum Gasteiger partial charge on any atom is -0.465 e. The van der Waals surface area contributed by atoms with Crippen molar-refractivity contribution in [3.63, 3.8) is 0 Å². The topological polar surface area (TPSA) is 81.3 Å². The lowest BCUT2D eigenvalue weighted by atomic mass is 10.0. The zero-order valence-electron chi connectivity index (χ0n) is 13.7. The van der Waals surface area contributed by atoms with E-state index in [1.54, 1.807) is 18.5 Å². The molecular formula is C17H20N2O4. The summed E-state index contributed by atoms with van der Waals surface area (Å²) in [6, 6.07) is 3.57. The zero-order valence-corrected chi connectivity index (χ0v) is 13.7. The molecule has 0 unspecified atom stereocenters. The van der Waals surface area contributed by atoms with Gasteiger partial charge in [-0.1, -0.05) is 13.8 Å². The predicted octanol–water partition coefficient (Wildman–Crippen LogP) is 2.85. The number of nitrogens with zero attached hydrogens (tertiary/aromatic N) is 1. The molecule has 23 heavy (non-hydrogen) atoms. The Hall–Kier alpha value is -2.63. The van der Waals surface area contributed by atoms with Gasteiger partial charge >= 0.3 is 11.9 Å². The number of aromatic amines is 1. The second kappa shape index (κ2) is 7.09. The van der Waals surface area contributed by atoms with Crippen molar-refractivity contribution in [2.24, 2.45) is 5.92 Å². The van der Waals surface area contributed by atoms with E-state index in [-0.39, 0.29) is 11.1 Å². The van der Waals surface area contributed by atoms with Gasteiger partial charge in [0.15, 0.2) is 0 Å². The number of hydrogen-bond donors (Lipinski definition) is 1. The molecule has 2 heterocycles. The van der Waals surface area contributed by atoms with Crippen molar-refractivity contribution in [1.82, 2.24) is 9.97 Å². The van der Waals surface area contributed by atoms with Gasteiger partial charge in [0.05, 0.1) is 25.5 Å². The highest BCUT2D eigenvalue weighted by Gasteiger charge is 2.29. The van der Waals surface area contributed by atoms with E-state index < -0.39 is 11.9 Å². The van der Waals surface area contributed by atoms with E-state index in [1.807, 2.05) is 19.9 Å². The molecule has 0 bridgehead atoms. The number of esters is 2. The molecule has 6 nitrogen and oxygen atoms in total. The summed E-state index contributed by atoms with van der Waals surface area (Å²) in [6.45, 7) is 4.06. The summed E-state index contributed by atoms with van der Waals surface area (Å²) in [4.78, 5) is 31.8. The molecule has 0 radical (unpaired) electrons. The van der Waals surface area contributed by atoms with Crippen molar-refractivity contribution >= 4 is 11.9 Å². The molecule has 1 N–H and O–H groups in total. The van der Waals surface area contributed by atoms with Crippen LogP contribution in [-0.4, -0.2) is 36.1 Å². The lowest BCUT2D eigenvalue weighted by Crippen LogP contribution is -2.12. The number of nitrogens with one attached hydrogen (secondary N) is 1. The summed E-state index contributed by atoms with van der Waals surface area (Å²) < 4.78 is 9.73. The van der Waals surface area contributed by atoms with Crippen LogP contribution in [0.3, 0.4) is 0 Å². The van der Waals surface area contributed by atoms with E-state index >= 15 is 0 Å². The van der Waals surface area contributed by atoms with Gasteiger partial charge in [-0.25, -0.2) is 9.59 Å². The maximum absolute atomic E-state index is 12.3. The van der Waals surface area contributed by atoms with Crippen molar-refractivity contribution < 1.29 is 19.1 Å². The summed E-state index contributed by atoms with van der Waals surface area (Å²) in [6.07, 6.45) is 3.87. The minimum atomic E-state index is -0.587. The molecule has 2 rings (SSSR count). The molecule has 2 aromatic heterocycles. The Morgan fingerprint density at radius 3 is 2.35 bits per heavy atom. The molecule has 0 spiro atoms. The van der Waals surface area contributed by atoms with Gasteiger partial charge in [0.1, 0.15) is 5.56 Å².